The van der Waals surface area contributed by atoms with Gasteiger partial charge in [0.2, 0.25) is 0 Å². The standard InChI is InChI=1S/C19H25N3O4/c1-14(15-7-9-17(26-2)10-8-15)22-19(25)16(12-20)13-21-11-5-3-4-6-18(23)24/h7-10,13-14,21H,3-6,11H2,1-2H3,(H,22,25)(H,23,24)/b16-13-. The average Bonchev–Trinajstić information content (AvgIpc) is 2.63. The normalized spacial score (nSPS) is 12.0. The van der Waals surface area contributed by atoms with Crippen LogP contribution in [0.25, 0.3) is 0 Å². The summed E-state index contributed by atoms with van der Waals surface area (Å²) in [6.45, 7) is 2.41. The molecule has 0 saturated heterocycles. The van der Waals surface area contributed by atoms with Gasteiger partial charge in [0.25, 0.3) is 5.91 Å². The summed E-state index contributed by atoms with van der Waals surface area (Å²) in [5, 5.41) is 23.4. The Morgan fingerprint density at radius 1 is 1.27 bits per heavy atom. The number of benzene rings is 1. The second-order valence-electron chi connectivity index (χ2n) is 5.80. The third-order valence-corrected chi connectivity index (χ3v) is 3.79. The number of carbonyl (C=O) groups excluding carboxylic acids is 1. The molecule has 0 bridgehead atoms. The zero-order valence-corrected chi connectivity index (χ0v) is 15.1. The molecule has 0 aliphatic carbocycles. The molecule has 7 nitrogen and oxygen atoms in total. The highest BCUT2D eigenvalue weighted by Gasteiger charge is 2.13. The Bertz CT molecular complexity index is 662. The van der Waals surface area contributed by atoms with Gasteiger partial charge in [0.1, 0.15) is 17.4 Å². The van der Waals surface area contributed by atoms with Crippen LogP contribution in [0.1, 0.15) is 44.2 Å². The first kappa shape index (κ1) is 21.0. The Balaban J connectivity index is 2.44. The molecule has 1 rings (SSSR count). The number of methoxy groups -OCH3 is 1. The fourth-order valence-electron chi connectivity index (χ4n) is 2.25. The lowest BCUT2D eigenvalue weighted by atomic mass is 10.1. The summed E-state index contributed by atoms with van der Waals surface area (Å²) in [5.41, 5.74) is 0.902. The number of ether oxygens (including phenoxy) is 1. The van der Waals surface area contributed by atoms with E-state index in [9.17, 15) is 9.59 Å². The van der Waals surface area contributed by atoms with Crippen molar-refractivity contribution in [2.75, 3.05) is 13.7 Å². The second-order valence-corrected chi connectivity index (χ2v) is 5.80. The van der Waals surface area contributed by atoms with E-state index in [1.165, 1.54) is 6.20 Å². The first-order valence-electron chi connectivity index (χ1n) is 8.48. The zero-order chi connectivity index (χ0) is 19.4. The average molecular weight is 359 g/mol. The second kappa shape index (κ2) is 11.5. The number of carbonyl (C=O) groups is 2. The number of aliphatic carboxylic acids is 1. The van der Waals surface area contributed by atoms with Gasteiger partial charge in [-0.05, 0) is 37.5 Å². The van der Waals surface area contributed by atoms with Crippen LogP contribution in [0, 0.1) is 11.3 Å². The number of carboxylic acids is 1. The van der Waals surface area contributed by atoms with E-state index in [-0.39, 0.29) is 18.0 Å². The maximum Gasteiger partial charge on any atom is 0.303 e. The number of nitrogens with one attached hydrogen (secondary N) is 2. The zero-order valence-electron chi connectivity index (χ0n) is 15.1. The highest BCUT2D eigenvalue weighted by molar-refractivity contribution is 5.97. The van der Waals surface area contributed by atoms with E-state index in [2.05, 4.69) is 10.6 Å². The lowest BCUT2D eigenvalue weighted by molar-refractivity contribution is -0.137. The minimum atomic E-state index is -0.799. The smallest absolute Gasteiger partial charge is 0.303 e. The summed E-state index contributed by atoms with van der Waals surface area (Å²) < 4.78 is 5.10. The van der Waals surface area contributed by atoms with Crippen LogP contribution in [-0.2, 0) is 9.59 Å². The van der Waals surface area contributed by atoms with Gasteiger partial charge in [-0.1, -0.05) is 18.6 Å². The molecule has 0 aromatic heterocycles. The molecule has 0 aliphatic rings. The number of carboxylic acid groups (broad SMARTS) is 1. The molecule has 0 heterocycles. The Kier molecular flexibility index (Phi) is 9.33. The summed E-state index contributed by atoms with van der Waals surface area (Å²) in [6, 6.07) is 8.97. The first-order valence-corrected chi connectivity index (χ1v) is 8.48. The van der Waals surface area contributed by atoms with Crippen molar-refractivity contribution in [1.82, 2.24) is 10.6 Å². The lowest BCUT2D eigenvalue weighted by Crippen LogP contribution is -2.28. The van der Waals surface area contributed by atoms with E-state index in [1.807, 2.05) is 37.3 Å². The van der Waals surface area contributed by atoms with Crippen molar-refractivity contribution in [3.05, 3.63) is 41.6 Å². The number of nitrogens with zero attached hydrogens (tertiary/aromatic N) is 1. The van der Waals surface area contributed by atoms with Gasteiger partial charge in [0.15, 0.2) is 0 Å². The quantitative estimate of drug-likeness (QED) is 0.318. The molecule has 1 atom stereocenters. The van der Waals surface area contributed by atoms with Crippen molar-refractivity contribution in [1.29, 1.82) is 5.26 Å². The number of hydrogen-bond acceptors (Lipinski definition) is 5. The Morgan fingerprint density at radius 3 is 2.54 bits per heavy atom. The summed E-state index contributed by atoms with van der Waals surface area (Å²) in [5.74, 6) is -0.515. The highest BCUT2D eigenvalue weighted by Crippen LogP contribution is 2.17. The lowest BCUT2D eigenvalue weighted by Gasteiger charge is -2.14. The molecule has 140 valence electrons. The highest BCUT2D eigenvalue weighted by atomic mass is 16.5. The van der Waals surface area contributed by atoms with Crippen LogP contribution >= 0.6 is 0 Å². The van der Waals surface area contributed by atoms with Crippen LogP contribution in [0.4, 0.5) is 0 Å². The molecule has 3 N–H and O–H groups in total. The fourth-order valence-corrected chi connectivity index (χ4v) is 2.25. The molecule has 0 aliphatic heterocycles. The largest absolute Gasteiger partial charge is 0.497 e. The van der Waals surface area contributed by atoms with Gasteiger partial charge in [-0.15, -0.1) is 0 Å². The van der Waals surface area contributed by atoms with Gasteiger partial charge < -0.3 is 20.5 Å². The fraction of sp³-hybridized carbons (Fsp3) is 0.421. The molecule has 7 heteroatoms. The topological polar surface area (TPSA) is 111 Å². The Labute approximate surface area is 153 Å². The summed E-state index contributed by atoms with van der Waals surface area (Å²) in [6.07, 6.45) is 3.71. The Morgan fingerprint density at radius 2 is 1.96 bits per heavy atom. The van der Waals surface area contributed by atoms with E-state index in [1.54, 1.807) is 7.11 Å². The van der Waals surface area contributed by atoms with Gasteiger partial charge in [-0.3, -0.25) is 9.59 Å². The van der Waals surface area contributed by atoms with Crippen LogP contribution in [0.3, 0.4) is 0 Å². The third-order valence-electron chi connectivity index (χ3n) is 3.79. The third kappa shape index (κ3) is 7.71. The van der Waals surface area contributed by atoms with E-state index < -0.39 is 11.9 Å². The summed E-state index contributed by atoms with van der Waals surface area (Å²) >= 11 is 0. The van der Waals surface area contributed by atoms with Crippen molar-refractivity contribution < 1.29 is 19.4 Å². The van der Waals surface area contributed by atoms with E-state index in [4.69, 9.17) is 15.1 Å². The number of rotatable bonds is 11. The molecule has 0 spiro atoms. The predicted octanol–water partition coefficient (Wildman–Crippen LogP) is 2.51. The van der Waals surface area contributed by atoms with E-state index in [0.29, 0.717) is 13.0 Å². The molecule has 26 heavy (non-hydrogen) atoms. The molecular weight excluding hydrogens is 334 g/mol. The molecule has 1 aromatic rings. The van der Waals surface area contributed by atoms with Crippen molar-refractivity contribution in [3.8, 4) is 11.8 Å². The van der Waals surface area contributed by atoms with Crippen LogP contribution in [-0.4, -0.2) is 30.6 Å². The number of hydrogen-bond donors (Lipinski definition) is 3. The Hall–Kier alpha value is -3.01. The van der Waals surface area contributed by atoms with Crippen LogP contribution in [0.15, 0.2) is 36.0 Å². The monoisotopic (exact) mass is 359 g/mol. The molecule has 0 saturated carbocycles. The minimum Gasteiger partial charge on any atom is -0.497 e. The van der Waals surface area contributed by atoms with Gasteiger partial charge in [-0.2, -0.15) is 5.26 Å². The molecular formula is C19H25N3O4. The number of unbranched alkanes of at least 4 members (excludes halogenated alkanes) is 2. The summed E-state index contributed by atoms with van der Waals surface area (Å²) in [7, 11) is 1.59. The van der Waals surface area contributed by atoms with Crippen molar-refractivity contribution in [2.24, 2.45) is 0 Å². The predicted molar refractivity (Wildman–Crippen MR) is 97.4 cm³/mol. The molecule has 1 amide bonds. The maximum atomic E-state index is 12.2. The van der Waals surface area contributed by atoms with Crippen LogP contribution < -0.4 is 15.4 Å². The summed E-state index contributed by atoms with van der Waals surface area (Å²) in [4.78, 5) is 22.6. The molecule has 1 unspecified atom stereocenters. The van der Waals surface area contributed by atoms with Gasteiger partial charge in [0, 0.05) is 19.2 Å². The van der Waals surface area contributed by atoms with Gasteiger partial charge >= 0.3 is 5.97 Å². The van der Waals surface area contributed by atoms with Crippen LogP contribution in [0.2, 0.25) is 0 Å². The molecule has 1 aromatic carbocycles. The van der Waals surface area contributed by atoms with Crippen LogP contribution in [0.5, 0.6) is 5.75 Å². The maximum absolute atomic E-state index is 12.2. The number of amides is 1. The van der Waals surface area contributed by atoms with E-state index in [0.717, 1.165) is 24.2 Å². The SMILES string of the molecule is COc1ccc(C(C)NC(=O)/C(C#N)=C\NCCCCCC(=O)O)cc1. The van der Waals surface area contributed by atoms with Crippen molar-refractivity contribution in [2.45, 2.75) is 38.6 Å². The van der Waals surface area contributed by atoms with Gasteiger partial charge in [-0.25, -0.2) is 0 Å². The minimum absolute atomic E-state index is 0.00380. The first-order chi connectivity index (χ1) is 12.5. The van der Waals surface area contributed by atoms with Crippen molar-refractivity contribution >= 4 is 11.9 Å². The van der Waals surface area contributed by atoms with Crippen molar-refractivity contribution in [3.63, 3.8) is 0 Å². The van der Waals surface area contributed by atoms with E-state index >= 15 is 0 Å². The molecule has 0 radical (unpaired) electrons. The number of nitriles is 1. The van der Waals surface area contributed by atoms with Gasteiger partial charge in [0.05, 0.1) is 13.2 Å². The molecule has 0 fully saturated rings.